The van der Waals surface area contributed by atoms with Crippen LogP contribution >= 0.6 is 11.6 Å². The number of fused-ring (bicyclic) bond motifs is 3. The third kappa shape index (κ3) is 3.65. The van der Waals surface area contributed by atoms with Gasteiger partial charge >= 0.3 is 0 Å². The summed E-state index contributed by atoms with van der Waals surface area (Å²) in [5, 5.41) is 10.1. The van der Waals surface area contributed by atoms with Crippen LogP contribution in [-0.4, -0.2) is 31.7 Å². The SMILES string of the molecule is CCc1cccc([C@H]2CC[C@H](c3nnc4n3-c3ccc(Cl)cc3CN(C)C4)CC2)n1. The topological polar surface area (TPSA) is 46.8 Å². The predicted octanol–water partition coefficient (Wildman–Crippen LogP) is 5.26. The molecule has 6 heteroatoms. The van der Waals surface area contributed by atoms with E-state index in [1.165, 1.54) is 22.6 Å². The maximum absolute atomic E-state index is 6.30. The van der Waals surface area contributed by atoms with Crippen LogP contribution in [0.5, 0.6) is 0 Å². The zero-order chi connectivity index (χ0) is 20.7. The van der Waals surface area contributed by atoms with Crippen molar-refractivity contribution in [3.8, 4) is 5.69 Å². The number of hydrogen-bond donors (Lipinski definition) is 0. The molecule has 1 saturated carbocycles. The van der Waals surface area contributed by atoms with Crippen LogP contribution in [0, 0.1) is 0 Å². The van der Waals surface area contributed by atoms with Gasteiger partial charge in [-0.05, 0) is 75.0 Å². The second-order valence-corrected chi connectivity index (χ2v) is 9.15. The van der Waals surface area contributed by atoms with Gasteiger partial charge in [0.05, 0.1) is 12.2 Å². The molecule has 0 radical (unpaired) electrons. The lowest BCUT2D eigenvalue weighted by molar-refractivity contribution is 0.315. The second-order valence-electron chi connectivity index (χ2n) is 8.71. The summed E-state index contributed by atoms with van der Waals surface area (Å²) in [4.78, 5) is 7.15. The zero-order valence-electron chi connectivity index (χ0n) is 17.7. The molecule has 156 valence electrons. The van der Waals surface area contributed by atoms with Gasteiger partial charge in [-0.15, -0.1) is 10.2 Å². The molecule has 30 heavy (non-hydrogen) atoms. The Balaban J connectivity index is 1.42. The lowest BCUT2D eigenvalue weighted by Crippen LogP contribution is -2.18. The summed E-state index contributed by atoms with van der Waals surface area (Å²) in [7, 11) is 2.12. The molecule has 1 aromatic carbocycles. The number of rotatable bonds is 3. The minimum Gasteiger partial charge on any atom is -0.295 e. The van der Waals surface area contributed by atoms with Crippen LogP contribution in [0.1, 0.15) is 73.0 Å². The summed E-state index contributed by atoms with van der Waals surface area (Å²) in [6.45, 7) is 3.83. The van der Waals surface area contributed by atoms with Crippen molar-refractivity contribution in [3.05, 3.63) is 70.0 Å². The molecular weight excluding hydrogens is 394 g/mol. The highest BCUT2D eigenvalue weighted by Gasteiger charge is 2.30. The molecule has 0 unspecified atom stereocenters. The molecule has 0 bridgehead atoms. The van der Waals surface area contributed by atoms with Crippen LogP contribution in [0.4, 0.5) is 0 Å². The van der Waals surface area contributed by atoms with Crippen LogP contribution < -0.4 is 0 Å². The lowest BCUT2D eigenvalue weighted by Gasteiger charge is -2.28. The number of nitrogens with zero attached hydrogens (tertiary/aromatic N) is 5. The van der Waals surface area contributed by atoms with E-state index >= 15 is 0 Å². The molecule has 2 aromatic heterocycles. The van der Waals surface area contributed by atoms with E-state index in [4.69, 9.17) is 16.6 Å². The van der Waals surface area contributed by atoms with Crippen molar-refractivity contribution >= 4 is 11.6 Å². The fourth-order valence-electron chi connectivity index (χ4n) is 5.02. The van der Waals surface area contributed by atoms with Gasteiger partial charge in [-0.2, -0.15) is 0 Å². The van der Waals surface area contributed by atoms with Crippen LogP contribution in [0.25, 0.3) is 5.69 Å². The second kappa shape index (κ2) is 8.12. The average molecular weight is 422 g/mol. The number of aromatic nitrogens is 4. The van der Waals surface area contributed by atoms with Crippen molar-refractivity contribution in [1.82, 2.24) is 24.6 Å². The van der Waals surface area contributed by atoms with E-state index < -0.39 is 0 Å². The van der Waals surface area contributed by atoms with Gasteiger partial charge in [-0.3, -0.25) is 14.5 Å². The Kier molecular flexibility index (Phi) is 5.34. The van der Waals surface area contributed by atoms with E-state index in [0.29, 0.717) is 11.8 Å². The standard InChI is InChI=1S/C24H28ClN5/c1-3-20-5-4-6-21(26-20)16-7-9-17(10-8-16)24-28-27-23-15-29(2)14-18-13-19(25)11-12-22(18)30(23)24/h4-6,11-13,16-17H,3,7-10,14-15H2,1-2H3/t16-,17-. The van der Waals surface area contributed by atoms with E-state index in [1.807, 2.05) is 6.07 Å². The van der Waals surface area contributed by atoms with Crippen molar-refractivity contribution in [2.45, 2.75) is 64.0 Å². The summed E-state index contributed by atoms with van der Waals surface area (Å²) < 4.78 is 2.30. The summed E-state index contributed by atoms with van der Waals surface area (Å²) >= 11 is 6.30. The summed E-state index contributed by atoms with van der Waals surface area (Å²) in [6.07, 6.45) is 5.55. The molecular formula is C24H28ClN5. The van der Waals surface area contributed by atoms with Gasteiger partial charge in [0.1, 0.15) is 5.82 Å². The van der Waals surface area contributed by atoms with Gasteiger partial charge in [0, 0.05) is 34.8 Å². The predicted molar refractivity (Wildman–Crippen MR) is 119 cm³/mol. The molecule has 0 N–H and O–H groups in total. The van der Waals surface area contributed by atoms with Crippen molar-refractivity contribution in [3.63, 3.8) is 0 Å². The van der Waals surface area contributed by atoms with Crippen molar-refractivity contribution in [2.75, 3.05) is 7.05 Å². The molecule has 0 amide bonds. The van der Waals surface area contributed by atoms with E-state index in [-0.39, 0.29) is 0 Å². The molecule has 2 aliphatic rings. The Morgan fingerprint density at radius 1 is 1.00 bits per heavy atom. The molecule has 5 nitrogen and oxygen atoms in total. The minimum atomic E-state index is 0.434. The highest BCUT2D eigenvalue weighted by molar-refractivity contribution is 6.30. The minimum absolute atomic E-state index is 0.434. The van der Waals surface area contributed by atoms with Gasteiger partial charge < -0.3 is 0 Å². The van der Waals surface area contributed by atoms with Crippen molar-refractivity contribution < 1.29 is 0 Å². The molecule has 1 aliphatic carbocycles. The summed E-state index contributed by atoms with van der Waals surface area (Å²) in [5.74, 6) is 3.12. The lowest BCUT2D eigenvalue weighted by atomic mass is 9.80. The molecule has 1 aliphatic heterocycles. The molecule has 3 heterocycles. The first-order valence-corrected chi connectivity index (χ1v) is 11.4. The van der Waals surface area contributed by atoms with Crippen LogP contribution in [0.3, 0.4) is 0 Å². The van der Waals surface area contributed by atoms with Gasteiger partial charge in [0.25, 0.3) is 0 Å². The maximum atomic E-state index is 6.30. The number of aryl methyl sites for hydroxylation is 1. The third-order valence-electron chi connectivity index (χ3n) is 6.59. The summed E-state index contributed by atoms with van der Waals surface area (Å²) in [5.41, 5.74) is 4.86. The Labute approximate surface area is 183 Å². The maximum Gasteiger partial charge on any atom is 0.151 e. The Morgan fingerprint density at radius 3 is 2.60 bits per heavy atom. The number of benzene rings is 1. The number of halogens is 1. The molecule has 3 aromatic rings. The molecule has 1 fully saturated rings. The Hall–Kier alpha value is -2.24. The molecule has 0 atom stereocenters. The van der Waals surface area contributed by atoms with Crippen LogP contribution in [0.15, 0.2) is 36.4 Å². The molecule has 5 rings (SSSR count). The fourth-order valence-corrected chi connectivity index (χ4v) is 5.21. The number of pyridine rings is 1. The zero-order valence-corrected chi connectivity index (χ0v) is 18.4. The van der Waals surface area contributed by atoms with E-state index in [9.17, 15) is 0 Å². The van der Waals surface area contributed by atoms with Crippen LogP contribution in [0.2, 0.25) is 5.02 Å². The van der Waals surface area contributed by atoms with Gasteiger partial charge in [-0.25, -0.2) is 0 Å². The summed E-state index contributed by atoms with van der Waals surface area (Å²) in [6, 6.07) is 12.7. The molecule has 0 saturated heterocycles. The third-order valence-corrected chi connectivity index (χ3v) is 6.83. The highest BCUT2D eigenvalue weighted by Crippen LogP contribution is 2.41. The van der Waals surface area contributed by atoms with Gasteiger partial charge in [-0.1, -0.05) is 24.6 Å². The van der Waals surface area contributed by atoms with E-state index in [0.717, 1.165) is 61.9 Å². The van der Waals surface area contributed by atoms with Crippen molar-refractivity contribution in [1.29, 1.82) is 0 Å². The first kappa shape index (κ1) is 19.7. The Bertz CT molecular complexity index is 1050. The van der Waals surface area contributed by atoms with Crippen LogP contribution in [-0.2, 0) is 19.5 Å². The first-order valence-electron chi connectivity index (χ1n) is 11.0. The fraction of sp³-hybridized carbons (Fsp3) is 0.458. The Morgan fingerprint density at radius 2 is 1.80 bits per heavy atom. The normalized spacial score (nSPS) is 21.7. The molecule has 0 spiro atoms. The van der Waals surface area contributed by atoms with Gasteiger partial charge in [0.2, 0.25) is 0 Å². The monoisotopic (exact) mass is 421 g/mol. The van der Waals surface area contributed by atoms with Gasteiger partial charge in [0.15, 0.2) is 5.82 Å². The average Bonchev–Trinajstić information content (AvgIpc) is 3.11. The van der Waals surface area contributed by atoms with E-state index in [2.05, 4.69) is 64.0 Å². The van der Waals surface area contributed by atoms with Crippen molar-refractivity contribution in [2.24, 2.45) is 0 Å². The number of hydrogen-bond acceptors (Lipinski definition) is 4. The quantitative estimate of drug-likeness (QED) is 0.578. The smallest absolute Gasteiger partial charge is 0.151 e. The largest absolute Gasteiger partial charge is 0.295 e. The highest BCUT2D eigenvalue weighted by atomic mass is 35.5. The van der Waals surface area contributed by atoms with E-state index in [1.54, 1.807) is 0 Å². The first-order chi connectivity index (χ1) is 14.6.